The first-order chi connectivity index (χ1) is 18.7. The van der Waals surface area contributed by atoms with Crippen molar-refractivity contribution in [3.05, 3.63) is 84.4 Å². The van der Waals surface area contributed by atoms with Gasteiger partial charge in [-0.15, -0.1) is 0 Å². The van der Waals surface area contributed by atoms with Crippen molar-refractivity contribution < 1.29 is 27.5 Å². The van der Waals surface area contributed by atoms with Gasteiger partial charge in [-0.3, -0.25) is 14.3 Å². The topological polar surface area (TPSA) is 123 Å². The van der Waals surface area contributed by atoms with E-state index < -0.39 is 21.9 Å². The number of aryl methyl sites for hydroxylation is 1. The lowest BCUT2D eigenvalue weighted by molar-refractivity contribution is -0.145. The quantitative estimate of drug-likeness (QED) is 0.154. The molecule has 0 bridgehead atoms. The summed E-state index contributed by atoms with van der Waals surface area (Å²) in [7, 11) is -3.81. The summed E-state index contributed by atoms with van der Waals surface area (Å²) in [4.78, 5) is 24.1. The highest BCUT2D eigenvalue weighted by molar-refractivity contribution is 7.92. The number of benzene rings is 3. The molecule has 3 aromatic carbocycles. The van der Waals surface area contributed by atoms with Crippen LogP contribution in [0.3, 0.4) is 0 Å². The zero-order chi connectivity index (χ0) is 28.1. The zero-order valence-corrected chi connectivity index (χ0v) is 23.1. The second kappa shape index (κ2) is 14.8. The van der Waals surface area contributed by atoms with Gasteiger partial charge >= 0.3 is 5.97 Å². The molecule has 0 radical (unpaired) electrons. The molecule has 0 heterocycles. The monoisotopic (exact) mass is 569 g/mol. The van der Waals surface area contributed by atoms with Crippen LogP contribution < -0.4 is 20.1 Å². The fourth-order valence-corrected chi connectivity index (χ4v) is 4.75. The number of esters is 1. The van der Waals surface area contributed by atoms with Crippen LogP contribution in [0.4, 0.5) is 11.4 Å². The molecule has 9 nitrogen and oxygen atoms in total. The molecular formula is C28H31N3O6S2. The van der Waals surface area contributed by atoms with Crippen LogP contribution in [0.1, 0.15) is 31.7 Å². The standard InChI is InChI=1S/C28H31N3O6S2/c1-2-36-24-14-10-23(11-15-24)31-39(34,35)25-16-12-22(13-17-25)29-28(38)30-26(32)18-19-27(33)37-20-6-9-21-7-4-3-5-8-21/h3-5,7-8,10-17,31H,2,6,9,18-20H2,1H3,(H2,29,30,32,38). The van der Waals surface area contributed by atoms with Crippen LogP contribution in [0.5, 0.6) is 5.75 Å². The molecule has 3 N–H and O–H groups in total. The van der Waals surface area contributed by atoms with Gasteiger partial charge in [-0.1, -0.05) is 30.3 Å². The van der Waals surface area contributed by atoms with Crippen LogP contribution in [0, 0.1) is 0 Å². The van der Waals surface area contributed by atoms with E-state index in [1.807, 2.05) is 37.3 Å². The van der Waals surface area contributed by atoms with Crippen molar-refractivity contribution >= 4 is 50.6 Å². The molecule has 3 aromatic rings. The summed E-state index contributed by atoms with van der Waals surface area (Å²) in [6, 6.07) is 22.4. The number of rotatable bonds is 13. The lowest BCUT2D eigenvalue weighted by Gasteiger charge is -2.12. The van der Waals surface area contributed by atoms with Gasteiger partial charge in [0.25, 0.3) is 10.0 Å². The summed E-state index contributed by atoms with van der Waals surface area (Å²) in [6.45, 7) is 2.67. The molecule has 3 rings (SSSR count). The Balaban J connectivity index is 1.38. The number of nitrogens with one attached hydrogen (secondary N) is 3. The first kappa shape index (κ1) is 29.6. The Kier molecular flexibility index (Phi) is 11.3. The molecule has 0 unspecified atom stereocenters. The van der Waals surface area contributed by atoms with Gasteiger partial charge in [0, 0.05) is 17.8 Å². The largest absolute Gasteiger partial charge is 0.494 e. The highest BCUT2D eigenvalue weighted by Gasteiger charge is 2.15. The Morgan fingerprint density at radius 3 is 2.21 bits per heavy atom. The lowest BCUT2D eigenvalue weighted by atomic mass is 10.1. The van der Waals surface area contributed by atoms with Gasteiger partial charge in [0.15, 0.2) is 5.11 Å². The molecule has 0 aliphatic carbocycles. The number of thiocarbonyl (C=S) groups is 1. The fraction of sp³-hybridized carbons (Fsp3) is 0.250. The van der Waals surface area contributed by atoms with E-state index in [9.17, 15) is 18.0 Å². The van der Waals surface area contributed by atoms with E-state index in [1.165, 1.54) is 29.8 Å². The van der Waals surface area contributed by atoms with Crippen LogP contribution in [-0.2, 0) is 30.8 Å². The Morgan fingerprint density at radius 2 is 1.54 bits per heavy atom. The van der Waals surface area contributed by atoms with E-state index in [-0.39, 0.29) is 29.5 Å². The number of hydrogen-bond donors (Lipinski definition) is 3. The summed E-state index contributed by atoms with van der Waals surface area (Å²) in [5, 5.41) is 5.34. The molecule has 0 atom stereocenters. The zero-order valence-electron chi connectivity index (χ0n) is 21.5. The number of sulfonamides is 1. The molecule has 0 aliphatic heterocycles. The lowest BCUT2D eigenvalue weighted by Crippen LogP contribution is -2.34. The van der Waals surface area contributed by atoms with E-state index in [1.54, 1.807) is 24.3 Å². The maximum absolute atomic E-state index is 12.7. The molecule has 0 saturated carbocycles. The van der Waals surface area contributed by atoms with Gasteiger partial charge < -0.3 is 20.1 Å². The maximum Gasteiger partial charge on any atom is 0.306 e. The van der Waals surface area contributed by atoms with Crippen LogP contribution in [0.25, 0.3) is 0 Å². The van der Waals surface area contributed by atoms with Crippen molar-refractivity contribution in [2.45, 2.75) is 37.5 Å². The SMILES string of the molecule is CCOc1ccc(NS(=O)(=O)c2ccc(NC(=S)NC(=O)CCC(=O)OCCCc3ccccc3)cc2)cc1. The van der Waals surface area contributed by atoms with Crippen molar-refractivity contribution in [2.24, 2.45) is 0 Å². The van der Waals surface area contributed by atoms with E-state index in [4.69, 9.17) is 21.7 Å². The maximum atomic E-state index is 12.7. The van der Waals surface area contributed by atoms with Crippen molar-refractivity contribution in [2.75, 3.05) is 23.3 Å². The summed E-state index contributed by atoms with van der Waals surface area (Å²) in [5.74, 6) is -0.242. The Hall–Kier alpha value is -3.96. The number of ether oxygens (including phenoxy) is 2. The Labute approximate surface area is 234 Å². The van der Waals surface area contributed by atoms with E-state index in [0.29, 0.717) is 30.2 Å². The second-order valence-electron chi connectivity index (χ2n) is 8.40. The van der Waals surface area contributed by atoms with Crippen molar-refractivity contribution in [1.82, 2.24) is 5.32 Å². The van der Waals surface area contributed by atoms with Crippen LogP contribution in [0.15, 0.2) is 83.8 Å². The smallest absolute Gasteiger partial charge is 0.306 e. The van der Waals surface area contributed by atoms with Crippen molar-refractivity contribution in [3.8, 4) is 5.75 Å². The second-order valence-corrected chi connectivity index (χ2v) is 10.5. The number of amides is 1. The molecule has 1 amide bonds. The summed E-state index contributed by atoms with van der Waals surface area (Å²) in [5.41, 5.74) is 2.06. The minimum atomic E-state index is -3.81. The van der Waals surface area contributed by atoms with Crippen molar-refractivity contribution in [1.29, 1.82) is 0 Å². The minimum Gasteiger partial charge on any atom is -0.494 e. The molecule has 0 aromatic heterocycles. The van der Waals surface area contributed by atoms with Crippen LogP contribution in [-0.4, -0.2) is 38.6 Å². The van der Waals surface area contributed by atoms with Gasteiger partial charge in [-0.05, 0) is 86.1 Å². The highest BCUT2D eigenvalue weighted by Crippen LogP contribution is 2.21. The molecule has 0 aliphatic rings. The minimum absolute atomic E-state index is 0.0272. The normalized spacial score (nSPS) is 10.8. The van der Waals surface area contributed by atoms with E-state index >= 15 is 0 Å². The first-order valence-corrected chi connectivity index (χ1v) is 14.3. The van der Waals surface area contributed by atoms with Gasteiger partial charge in [0.05, 0.1) is 24.5 Å². The van der Waals surface area contributed by atoms with Crippen LogP contribution in [0.2, 0.25) is 0 Å². The van der Waals surface area contributed by atoms with Gasteiger partial charge in [0.2, 0.25) is 5.91 Å². The third-order valence-corrected chi connectivity index (χ3v) is 6.97. The van der Waals surface area contributed by atoms with Gasteiger partial charge in [0.1, 0.15) is 5.75 Å². The number of carbonyl (C=O) groups is 2. The van der Waals surface area contributed by atoms with E-state index in [0.717, 1.165) is 6.42 Å². The molecule has 206 valence electrons. The Bertz CT molecular complexity index is 1350. The molecule has 11 heteroatoms. The average molecular weight is 570 g/mol. The third-order valence-electron chi connectivity index (χ3n) is 5.36. The van der Waals surface area contributed by atoms with Gasteiger partial charge in [-0.25, -0.2) is 8.42 Å². The predicted molar refractivity (Wildman–Crippen MR) is 154 cm³/mol. The third kappa shape index (κ3) is 10.4. The molecule has 39 heavy (non-hydrogen) atoms. The molecule has 0 spiro atoms. The summed E-state index contributed by atoms with van der Waals surface area (Å²) < 4.78 is 38.4. The fourth-order valence-electron chi connectivity index (χ4n) is 3.46. The molecule has 0 fully saturated rings. The number of carbonyl (C=O) groups excluding carboxylic acids is 2. The van der Waals surface area contributed by atoms with Gasteiger partial charge in [-0.2, -0.15) is 0 Å². The number of anilines is 2. The van der Waals surface area contributed by atoms with Crippen LogP contribution >= 0.6 is 12.2 Å². The molecular weight excluding hydrogens is 538 g/mol. The first-order valence-electron chi connectivity index (χ1n) is 12.4. The highest BCUT2D eigenvalue weighted by atomic mass is 32.2. The average Bonchev–Trinajstić information content (AvgIpc) is 2.92. The van der Waals surface area contributed by atoms with E-state index in [2.05, 4.69) is 15.4 Å². The van der Waals surface area contributed by atoms with Crippen molar-refractivity contribution in [3.63, 3.8) is 0 Å². The summed E-state index contributed by atoms with van der Waals surface area (Å²) in [6.07, 6.45) is 1.37. The predicted octanol–water partition coefficient (Wildman–Crippen LogP) is 4.66. The Morgan fingerprint density at radius 1 is 0.872 bits per heavy atom. The summed E-state index contributed by atoms with van der Waals surface area (Å²) >= 11 is 5.15. The molecule has 0 saturated heterocycles. The number of hydrogen-bond acceptors (Lipinski definition) is 7.